The van der Waals surface area contributed by atoms with Gasteiger partial charge in [-0.1, -0.05) is 23.4 Å². The third-order valence-electron chi connectivity index (χ3n) is 2.54. The lowest BCUT2D eigenvalue weighted by Crippen LogP contribution is -2.09. The molecule has 1 aromatic heterocycles. The first-order chi connectivity index (χ1) is 8.94. The molecule has 0 bridgehead atoms. The van der Waals surface area contributed by atoms with E-state index in [4.69, 9.17) is 10.3 Å². The lowest BCUT2D eigenvalue weighted by molar-refractivity contribution is -0.134. The summed E-state index contributed by atoms with van der Waals surface area (Å²) in [5.74, 6) is 0.317. The van der Waals surface area contributed by atoms with Crippen molar-refractivity contribution in [2.24, 2.45) is 0 Å². The standard InChI is InChI=1S/C12H12F3N3O/c13-12(14,15)6-5-10-17-11(19-18-10)7-8-3-1-2-4-9(8)16/h1-4H,5-7,16H2. The number of para-hydroxylation sites is 1. The fraction of sp³-hybridized carbons (Fsp3) is 0.333. The highest BCUT2D eigenvalue weighted by Gasteiger charge is 2.27. The van der Waals surface area contributed by atoms with Crippen molar-refractivity contribution in [3.8, 4) is 0 Å². The molecule has 0 saturated heterocycles. The fourth-order valence-corrected chi connectivity index (χ4v) is 1.58. The Bertz CT molecular complexity index is 551. The monoisotopic (exact) mass is 271 g/mol. The topological polar surface area (TPSA) is 64.9 Å². The van der Waals surface area contributed by atoms with Gasteiger partial charge in [0.25, 0.3) is 0 Å². The maximum Gasteiger partial charge on any atom is 0.389 e. The Kier molecular flexibility index (Phi) is 3.73. The molecule has 19 heavy (non-hydrogen) atoms. The number of nitrogens with two attached hydrogens (primary N) is 1. The molecule has 0 radical (unpaired) electrons. The van der Waals surface area contributed by atoms with E-state index in [0.29, 0.717) is 12.1 Å². The first-order valence-electron chi connectivity index (χ1n) is 5.65. The van der Waals surface area contributed by atoms with Crippen molar-refractivity contribution in [2.45, 2.75) is 25.4 Å². The van der Waals surface area contributed by atoms with Crippen molar-refractivity contribution < 1.29 is 17.7 Å². The summed E-state index contributed by atoms with van der Waals surface area (Å²) in [4.78, 5) is 3.92. The van der Waals surface area contributed by atoms with E-state index in [0.717, 1.165) is 5.56 Å². The van der Waals surface area contributed by atoms with Crippen LogP contribution < -0.4 is 5.73 Å². The number of alkyl halides is 3. The summed E-state index contributed by atoms with van der Waals surface area (Å²) in [6.07, 6.45) is -5.15. The van der Waals surface area contributed by atoms with Crippen LogP contribution in [0.5, 0.6) is 0 Å². The van der Waals surface area contributed by atoms with Crippen molar-refractivity contribution in [1.82, 2.24) is 10.1 Å². The molecule has 2 aromatic rings. The Morgan fingerprint density at radius 3 is 2.63 bits per heavy atom. The largest absolute Gasteiger partial charge is 0.398 e. The van der Waals surface area contributed by atoms with Crippen LogP contribution in [0.25, 0.3) is 0 Å². The van der Waals surface area contributed by atoms with E-state index in [2.05, 4.69) is 10.1 Å². The lowest BCUT2D eigenvalue weighted by Gasteiger charge is -2.02. The number of hydrogen-bond donors (Lipinski definition) is 1. The minimum Gasteiger partial charge on any atom is -0.398 e. The van der Waals surface area contributed by atoms with Gasteiger partial charge in [0.1, 0.15) is 0 Å². The number of aryl methyl sites for hydroxylation is 1. The van der Waals surface area contributed by atoms with Crippen LogP contribution in [-0.4, -0.2) is 16.3 Å². The Morgan fingerprint density at radius 2 is 1.95 bits per heavy atom. The van der Waals surface area contributed by atoms with E-state index in [-0.39, 0.29) is 18.1 Å². The number of rotatable bonds is 4. The van der Waals surface area contributed by atoms with Crippen LogP contribution in [0.2, 0.25) is 0 Å². The van der Waals surface area contributed by atoms with E-state index in [1.54, 1.807) is 18.2 Å². The summed E-state index contributed by atoms with van der Waals surface area (Å²) in [5.41, 5.74) is 7.13. The van der Waals surface area contributed by atoms with E-state index >= 15 is 0 Å². The molecule has 2 rings (SSSR count). The number of benzene rings is 1. The number of hydrogen-bond acceptors (Lipinski definition) is 4. The van der Waals surface area contributed by atoms with Crippen LogP contribution in [0.1, 0.15) is 23.7 Å². The van der Waals surface area contributed by atoms with E-state index in [1.165, 1.54) is 0 Å². The van der Waals surface area contributed by atoms with E-state index < -0.39 is 12.6 Å². The molecule has 0 atom stereocenters. The van der Waals surface area contributed by atoms with Gasteiger partial charge in [-0.25, -0.2) is 0 Å². The van der Waals surface area contributed by atoms with Gasteiger partial charge in [0.15, 0.2) is 5.82 Å². The normalized spacial score (nSPS) is 11.7. The van der Waals surface area contributed by atoms with Crippen LogP contribution in [-0.2, 0) is 12.8 Å². The molecule has 0 saturated carbocycles. The molecule has 0 aliphatic rings. The zero-order valence-electron chi connectivity index (χ0n) is 9.94. The molecule has 1 aromatic carbocycles. The van der Waals surface area contributed by atoms with Gasteiger partial charge in [-0.15, -0.1) is 0 Å². The highest BCUT2D eigenvalue weighted by molar-refractivity contribution is 5.47. The molecule has 1 heterocycles. The first kappa shape index (κ1) is 13.4. The van der Waals surface area contributed by atoms with E-state index in [1.807, 2.05) is 6.07 Å². The molecule has 0 spiro atoms. The summed E-state index contributed by atoms with van der Waals surface area (Å²) in [6.45, 7) is 0. The van der Waals surface area contributed by atoms with Crippen LogP contribution in [0.4, 0.5) is 18.9 Å². The highest BCUT2D eigenvalue weighted by Crippen LogP contribution is 2.21. The summed E-state index contributed by atoms with van der Waals surface area (Å²) in [5, 5.41) is 3.52. The molecule has 4 nitrogen and oxygen atoms in total. The maximum absolute atomic E-state index is 12.0. The first-order valence-corrected chi connectivity index (χ1v) is 5.65. The predicted octanol–water partition coefficient (Wildman–Crippen LogP) is 2.74. The number of nitrogens with zero attached hydrogens (tertiary/aromatic N) is 2. The molecule has 102 valence electrons. The predicted molar refractivity (Wildman–Crippen MR) is 62.3 cm³/mol. The van der Waals surface area contributed by atoms with Crippen molar-refractivity contribution in [2.75, 3.05) is 5.73 Å². The Labute approximate surface area is 107 Å². The molecule has 0 aliphatic heterocycles. The number of aromatic nitrogens is 2. The highest BCUT2D eigenvalue weighted by atomic mass is 19.4. The third-order valence-corrected chi connectivity index (χ3v) is 2.54. The third kappa shape index (κ3) is 3.97. The zero-order chi connectivity index (χ0) is 13.9. The Hall–Kier alpha value is -2.05. The average Bonchev–Trinajstić information content (AvgIpc) is 2.77. The van der Waals surface area contributed by atoms with Crippen LogP contribution >= 0.6 is 0 Å². The second-order valence-electron chi connectivity index (χ2n) is 4.10. The van der Waals surface area contributed by atoms with Crippen molar-refractivity contribution in [3.05, 3.63) is 41.5 Å². The SMILES string of the molecule is Nc1ccccc1Cc1nc(CCC(F)(F)F)no1. The zero-order valence-corrected chi connectivity index (χ0v) is 9.94. The summed E-state index contributed by atoms with van der Waals surface area (Å²) in [6, 6.07) is 7.14. The van der Waals surface area contributed by atoms with Gasteiger partial charge < -0.3 is 10.3 Å². The van der Waals surface area contributed by atoms with Gasteiger partial charge in [0, 0.05) is 12.1 Å². The molecular formula is C12H12F3N3O. The smallest absolute Gasteiger partial charge is 0.389 e. The molecule has 2 N–H and O–H groups in total. The van der Waals surface area contributed by atoms with Gasteiger partial charge in [-0.05, 0) is 11.6 Å². The number of anilines is 1. The molecule has 0 aliphatic carbocycles. The van der Waals surface area contributed by atoms with Gasteiger partial charge >= 0.3 is 6.18 Å². The molecular weight excluding hydrogens is 259 g/mol. The fourth-order valence-electron chi connectivity index (χ4n) is 1.58. The second kappa shape index (κ2) is 5.29. The average molecular weight is 271 g/mol. The van der Waals surface area contributed by atoms with Crippen molar-refractivity contribution in [1.29, 1.82) is 0 Å². The van der Waals surface area contributed by atoms with E-state index in [9.17, 15) is 13.2 Å². The lowest BCUT2D eigenvalue weighted by atomic mass is 10.1. The Balaban J connectivity index is 2.00. The van der Waals surface area contributed by atoms with Gasteiger partial charge in [0.05, 0.1) is 12.8 Å². The second-order valence-corrected chi connectivity index (χ2v) is 4.10. The minimum atomic E-state index is -4.22. The molecule has 0 fully saturated rings. The van der Waals surface area contributed by atoms with Crippen LogP contribution in [0, 0.1) is 0 Å². The number of halogens is 3. The van der Waals surface area contributed by atoms with Gasteiger partial charge in [-0.2, -0.15) is 18.2 Å². The maximum atomic E-state index is 12.0. The Morgan fingerprint density at radius 1 is 1.21 bits per heavy atom. The van der Waals surface area contributed by atoms with Crippen LogP contribution in [0.3, 0.4) is 0 Å². The van der Waals surface area contributed by atoms with Crippen molar-refractivity contribution >= 4 is 5.69 Å². The van der Waals surface area contributed by atoms with Crippen LogP contribution in [0.15, 0.2) is 28.8 Å². The molecule has 7 heteroatoms. The summed E-state index contributed by atoms with van der Waals surface area (Å²) < 4.78 is 41.0. The van der Waals surface area contributed by atoms with Crippen molar-refractivity contribution in [3.63, 3.8) is 0 Å². The summed E-state index contributed by atoms with van der Waals surface area (Å²) in [7, 11) is 0. The number of nitrogen functional groups attached to an aromatic ring is 1. The minimum absolute atomic E-state index is 0.0572. The quantitative estimate of drug-likeness (QED) is 0.868. The molecule has 0 amide bonds. The van der Waals surface area contributed by atoms with Gasteiger partial charge in [-0.3, -0.25) is 0 Å². The molecule has 0 unspecified atom stereocenters. The summed E-state index contributed by atoms with van der Waals surface area (Å²) >= 11 is 0. The van der Waals surface area contributed by atoms with Gasteiger partial charge in [0.2, 0.25) is 5.89 Å².